The molecule has 2 aromatic heterocycles. The van der Waals surface area contributed by atoms with Crippen molar-refractivity contribution in [2.45, 2.75) is 0 Å². The summed E-state index contributed by atoms with van der Waals surface area (Å²) in [5.41, 5.74) is 2.72. The third kappa shape index (κ3) is 2.85. The number of carbonyl (C=O) groups excluding carboxylic acids is 2. The molecule has 0 unspecified atom stereocenters. The Morgan fingerprint density at radius 3 is 2.21 bits per heavy atom. The van der Waals surface area contributed by atoms with Crippen LogP contribution < -0.4 is 0 Å². The number of para-hydroxylation sites is 1. The van der Waals surface area contributed by atoms with Gasteiger partial charge in [-0.3, -0.25) is 9.59 Å². The van der Waals surface area contributed by atoms with Gasteiger partial charge in [0.25, 0.3) is 11.8 Å². The quantitative estimate of drug-likeness (QED) is 0.398. The molecule has 7 heteroatoms. The monoisotopic (exact) mass is 382 g/mol. The molecular formula is C22H14N4O3. The smallest absolute Gasteiger partial charge is 0.282 e. The van der Waals surface area contributed by atoms with Crippen molar-refractivity contribution >= 4 is 18.0 Å². The highest BCUT2D eigenvalue weighted by atomic mass is 16.3. The lowest BCUT2D eigenvalue weighted by atomic mass is 10.1. The number of aromatic nitrogens is 2. The molecule has 0 radical (unpaired) electrons. The van der Waals surface area contributed by atoms with Gasteiger partial charge in [0.05, 0.1) is 29.3 Å². The van der Waals surface area contributed by atoms with Crippen LogP contribution in [0.25, 0.3) is 17.1 Å². The van der Waals surface area contributed by atoms with Crippen LogP contribution in [0.15, 0.2) is 88.7 Å². The Kier molecular flexibility index (Phi) is 3.91. The van der Waals surface area contributed by atoms with Crippen LogP contribution in [0.2, 0.25) is 0 Å². The highest BCUT2D eigenvalue weighted by molar-refractivity contribution is 6.21. The first-order valence-corrected chi connectivity index (χ1v) is 8.93. The Morgan fingerprint density at radius 2 is 1.55 bits per heavy atom. The van der Waals surface area contributed by atoms with Crippen molar-refractivity contribution in [3.63, 3.8) is 0 Å². The Morgan fingerprint density at radius 1 is 0.862 bits per heavy atom. The lowest BCUT2D eigenvalue weighted by Crippen LogP contribution is -2.24. The molecule has 5 rings (SSSR count). The average Bonchev–Trinajstić information content (AvgIpc) is 3.48. The van der Waals surface area contributed by atoms with E-state index in [1.807, 2.05) is 30.3 Å². The van der Waals surface area contributed by atoms with E-state index in [0.717, 1.165) is 10.7 Å². The SMILES string of the molecule is O=C1c2ccccc2C(=O)N1/N=C\c1cn(-c2ccccc2)nc1-c1ccco1. The molecule has 0 spiro atoms. The number of hydrogen-bond donors (Lipinski definition) is 0. The van der Waals surface area contributed by atoms with E-state index in [4.69, 9.17) is 4.42 Å². The van der Waals surface area contributed by atoms with Crippen LogP contribution in [0.3, 0.4) is 0 Å². The summed E-state index contributed by atoms with van der Waals surface area (Å²) in [5.74, 6) is -0.336. The van der Waals surface area contributed by atoms with Crippen LogP contribution in [0.5, 0.6) is 0 Å². The van der Waals surface area contributed by atoms with Gasteiger partial charge in [0.15, 0.2) is 5.76 Å². The Labute approximate surface area is 165 Å². The summed E-state index contributed by atoms with van der Waals surface area (Å²) < 4.78 is 7.19. The van der Waals surface area contributed by atoms with Gasteiger partial charge in [-0.2, -0.15) is 15.2 Å². The fraction of sp³-hybridized carbons (Fsp3) is 0. The van der Waals surface area contributed by atoms with Crippen molar-refractivity contribution in [2.24, 2.45) is 5.10 Å². The van der Waals surface area contributed by atoms with Crippen LogP contribution in [0, 0.1) is 0 Å². The maximum absolute atomic E-state index is 12.5. The molecule has 1 aliphatic heterocycles. The van der Waals surface area contributed by atoms with E-state index >= 15 is 0 Å². The molecule has 3 heterocycles. The normalized spacial score (nSPS) is 13.4. The van der Waals surface area contributed by atoms with Crippen molar-refractivity contribution in [3.8, 4) is 17.1 Å². The number of amides is 2. The third-order valence-corrected chi connectivity index (χ3v) is 4.60. The molecule has 0 bridgehead atoms. The number of rotatable bonds is 4. The van der Waals surface area contributed by atoms with Gasteiger partial charge in [0, 0.05) is 11.8 Å². The number of nitrogens with zero attached hydrogens (tertiary/aromatic N) is 4. The lowest BCUT2D eigenvalue weighted by Gasteiger charge is -2.05. The molecule has 2 aromatic carbocycles. The number of carbonyl (C=O) groups is 2. The number of benzene rings is 2. The molecule has 140 valence electrons. The number of fused-ring (bicyclic) bond motifs is 1. The zero-order valence-corrected chi connectivity index (χ0v) is 15.1. The summed E-state index contributed by atoms with van der Waals surface area (Å²) >= 11 is 0. The van der Waals surface area contributed by atoms with Crippen molar-refractivity contribution < 1.29 is 14.0 Å². The Balaban J connectivity index is 1.54. The fourth-order valence-electron chi connectivity index (χ4n) is 3.20. The first-order chi connectivity index (χ1) is 14.2. The summed E-state index contributed by atoms with van der Waals surface area (Å²) in [4.78, 5) is 25.0. The number of hydrazone groups is 1. The first kappa shape index (κ1) is 16.9. The number of hydrogen-bond acceptors (Lipinski definition) is 5. The molecular weight excluding hydrogens is 368 g/mol. The second kappa shape index (κ2) is 6.72. The molecule has 2 amide bonds. The minimum atomic E-state index is -0.447. The van der Waals surface area contributed by atoms with Crippen LogP contribution >= 0.6 is 0 Å². The molecule has 0 saturated heterocycles. The van der Waals surface area contributed by atoms with Gasteiger partial charge in [0.2, 0.25) is 0 Å². The van der Waals surface area contributed by atoms with Gasteiger partial charge in [0.1, 0.15) is 5.69 Å². The van der Waals surface area contributed by atoms with Gasteiger partial charge in [-0.05, 0) is 36.4 Å². The van der Waals surface area contributed by atoms with Gasteiger partial charge in [-0.1, -0.05) is 30.3 Å². The second-order valence-electron chi connectivity index (χ2n) is 6.40. The number of imide groups is 1. The van der Waals surface area contributed by atoms with Crippen molar-refractivity contribution in [3.05, 3.63) is 95.9 Å². The minimum Gasteiger partial charge on any atom is -0.463 e. The molecule has 4 aromatic rings. The predicted molar refractivity (Wildman–Crippen MR) is 106 cm³/mol. The molecule has 0 atom stereocenters. The highest BCUT2D eigenvalue weighted by Gasteiger charge is 2.35. The zero-order valence-electron chi connectivity index (χ0n) is 15.1. The summed E-state index contributed by atoms with van der Waals surface area (Å²) in [6.45, 7) is 0. The predicted octanol–water partition coefficient (Wildman–Crippen LogP) is 3.76. The van der Waals surface area contributed by atoms with E-state index in [-0.39, 0.29) is 0 Å². The summed E-state index contributed by atoms with van der Waals surface area (Å²) in [6.07, 6.45) is 4.78. The molecule has 1 aliphatic rings. The van der Waals surface area contributed by atoms with E-state index in [1.165, 1.54) is 6.21 Å². The highest BCUT2D eigenvalue weighted by Crippen LogP contribution is 2.25. The molecule has 7 nitrogen and oxygen atoms in total. The topological polar surface area (TPSA) is 80.7 Å². The fourth-order valence-corrected chi connectivity index (χ4v) is 3.20. The summed E-state index contributed by atoms with van der Waals surface area (Å²) in [6, 6.07) is 19.8. The lowest BCUT2D eigenvalue weighted by molar-refractivity contribution is 0.0660. The Hall–Kier alpha value is -4.26. The average molecular weight is 382 g/mol. The van der Waals surface area contributed by atoms with E-state index in [9.17, 15) is 9.59 Å². The minimum absolute atomic E-state index is 0.348. The van der Waals surface area contributed by atoms with Gasteiger partial charge in [-0.25, -0.2) is 4.68 Å². The second-order valence-corrected chi connectivity index (χ2v) is 6.40. The maximum Gasteiger partial charge on any atom is 0.282 e. The standard InChI is InChI=1S/C22H14N4O3/c27-21-17-9-4-5-10-18(17)22(28)26(21)23-13-15-14-25(16-7-2-1-3-8-16)24-20(15)19-11-6-12-29-19/h1-14H/b23-13-. The summed E-state index contributed by atoms with van der Waals surface area (Å²) in [7, 11) is 0. The van der Waals surface area contributed by atoms with Crippen LogP contribution in [0.4, 0.5) is 0 Å². The van der Waals surface area contributed by atoms with E-state index in [2.05, 4.69) is 10.2 Å². The summed E-state index contributed by atoms with van der Waals surface area (Å²) in [5, 5.41) is 9.62. The third-order valence-electron chi connectivity index (χ3n) is 4.60. The van der Waals surface area contributed by atoms with E-state index in [0.29, 0.717) is 28.1 Å². The Bertz CT molecular complexity index is 1210. The van der Waals surface area contributed by atoms with Crippen molar-refractivity contribution in [2.75, 3.05) is 0 Å². The number of furan rings is 1. The van der Waals surface area contributed by atoms with Crippen LogP contribution in [-0.4, -0.2) is 32.8 Å². The zero-order chi connectivity index (χ0) is 19.8. The van der Waals surface area contributed by atoms with E-state index in [1.54, 1.807) is 53.5 Å². The molecule has 0 N–H and O–H groups in total. The van der Waals surface area contributed by atoms with Crippen LogP contribution in [-0.2, 0) is 0 Å². The molecule has 29 heavy (non-hydrogen) atoms. The van der Waals surface area contributed by atoms with Gasteiger partial charge < -0.3 is 4.42 Å². The van der Waals surface area contributed by atoms with Crippen LogP contribution in [0.1, 0.15) is 26.3 Å². The maximum atomic E-state index is 12.5. The first-order valence-electron chi connectivity index (χ1n) is 8.93. The molecule has 0 fully saturated rings. The van der Waals surface area contributed by atoms with Gasteiger partial charge in [-0.15, -0.1) is 0 Å². The largest absolute Gasteiger partial charge is 0.463 e. The molecule has 0 aliphatic carbocycles. The van der Waals surface area contributed by atoms with Crippen molar-refractivity contribution in [1.82, 2.24) is 14.8 Å². The van der Waals surface area contributed by atoms with Gasteiger partial charge >= 0.3 is 0 Å². The van der Waals surface area contributed by atoms with Crippen molar-refractivity contribution in [1.29, 1.82) is 0 Å². The van der Waals surface area contributed by atoms with E-state index < -0.39 is 11.8 Å². The molecule has 0 saturated carbocycles.